The zero-order chi connectivity index (χ0) is 35.5. The largest absolute Gasteiger partial charge is 0.340 e. The van der Waals surface area contributed by atoms with Crippen LogP contribution < -0.4 is 14.7 Å². The second-order valence-corrected chi connectivity index (χ2v) is 14.5. The molecule has 9 rings (SSSR count). The first-order valence-electron chi connectivity index (χ1n) is 18.2. The molecular weight excluding hydrogens is 637 g/mol. The molecule has 52 heavy (non-hydrogen) atoms. The summed E-state index contributed by atoms with van der Waals surface area (Å²) in [5, 5.41) is 3.52. The van der Waals surface area contributed by atoms with Crippen molar-refractivity contribution in [2.75, 3.05) is 28.4 Å². The predicted octanol–water partition coefficient (Wildman–Crippen LogP) is 12.0. The van der Waals surface area contributed by atoms with Crippen molar-refractivity contribution in [3.05, 3.63) is 151 Å². The molecule has 0 spiro atoms. The molecule has 0 saturated carbocycles. The normalized spacial score (nSPS) is 12.9. The van der Waals surface area contributed by atoms with Gasteiger partial charge in [0.05, 0.1) is 29.8 Å². The Bertz CT molecular complexity index is 2580. The minimum atomic E-state index is 0.374. The van der Waals surface area contributed by atoms with Crippen molar-refractivity contribution in [3.8, 4) is 11.3 Å². The fourth-order valence-corrected chi connectivity index (χ4v) is 8.09. The highest BCUT2D eigenvalue weighted by Gasteiger charge is 2.27. The zero-order valence-corrected chi connectivity index (χ0v) is 30.3. The Morgan fingerprint density at radius 1 is 0.615 bits per heavy atom. The zero-order valence-electron chi connectivity index (χ0n) is 30.3. The van der Waals surface area contributed by atoms with Gasteiger partial charge >= 0.3 is 0 Å². The molecule has 0 atom stereocenters. The van der Waals surface area contributed by atoms with E-state index in [9.17, 15) is 0 Å². The van der Waals surface area contributed by atoms with Gasteiger partial charge in [0.25, 0.3) is 0 Å². The first kappa shape index (κ1) is 31.8. The van der Waals surface area contributed by atoms with Crippen LogP contribution in [0.2, 0.25) is 0 Å². The smallest absolute Gasteiger partial charge is 0.153 e. The number of aromatic nitrogens is 3. The van der Waals surface area contributed by atoms with Crippen LogP contribution in [0.15, 0.2) is 140 Å². The highest BCUT2D eigenvalue weighted by atomic mass is 15.4. The van der Waals surface area contributed by atoms with Crippen LogP contribution in [0, 0.1) is 0 Å². The van der Waals surface area contributed by atoms with Crippen molar-refractivity contribution in [1.82, 2.24) is 14.4 Å². The third-order valence-corrected chi connectivity index (χ3v) is 10.5. The maximum Gasteiger partial charge on any atom is 0.153 e. The van der Waals surface area contributed by atoms with Gasteiger partial charge < -0.3 is 14.7 Å². The van der Waals surface area contributed by atoms with E-state index in [0.29, 0.717) is 11.8 Å². The Kier molecular flexibility index (Phi) is 7.69. The second kappa shape index (κ2) is 12.6. The minimum absolute atomic E-state index is 0.374. The van der Waals surface area contributed by atoms with E-state index in [1.807, 2.05) is 12.3 Å². The summed E-state index contributed by atoms with van der Waals surface area (Å²) in [5.74, 6) is 1.74. The summed E-state index contributed by atoms with van der Waals surface area (Å²) in [5.41, 5.74) is 12.7. The lowest BCUT2D eigenvalue weighted by Crippen LogP contribution is -2.24. The monoisotopic (exact) mass is 678 g/mol. The Labute approximate surface area is 305 Å². The Hall–Kier alpha value is -6.14. The van der Waals surface area contributed by atoms with Crippen molar-refractivity contribution < 1.29 is 0 Å². The van der Waals surface area contributed by atoms with Crippen LogP contribution in [0.25, 0.3) is 38.6 Å². The van der Waals surface area contributed by atoms with Crippen molar-refractivity contribution in [3.63, 3.8) is 0 Å². The molecule has 0 aliphatic carbocycles. The van der Waals surface area contributed by atoms with E-state index in [-0.39, 0.29) is 0 Å². The van der Waals surface area contributed by atoms with Crippen molar-refractivity contribution in [2.24, 2.45) is 0 Å². The molecule has 3 aromatic heterocycles. The first-order valence-corrected chi connectivity index (χ1v) is 18.2. The minimum Gasteiger partial charge on any atom is -0.340 e. The fourth-order valence-electron chi connectivity index (χ4n) is 8.09. The summed E-state index contributed by atoms with van der Waals surface area (Å²) in [6.45, 7) is 9.89. The number of para-hydroxylation sites is 2. The summed E-state index contributed by atoms with van der Waals surface area (Å²) >= 11 is 0. The van der Waals surface area contributed by atoms with Gasteiger partial charge in [0.1, 0.15) is 5.65 Å². The third kappa shape index (κ3) is 5.09. The highest BCUT2D eigenvalue weighted by molar-refractivity contribution is 6.13. The summed E-state index contributed by atoms with van der Waals surface area (Å²) in [4.78, 5) is 16.8. The van der Waals surface area contributed by atoms with Gasteiger partial charge in [0.2, 0.25) is 0 Å². The number of anilines is 6. The third-order valence-electron chi connectivity index (χ3n) is 10.5. The lowest BCUT2D eigenvalue weighted by Gasteiger charge is -2.28. The molecule has 0 bridgehead atoms. The van der Waals surface area contributed by atoms with Gasteiger partial charge in [0.15, 0.2) is 5.82 Å². The Balaban J connectivity index is 1.27. The molecular formula is C46H42N6. The predicted molar refractivity (Wildman–Crippen MR) is 218 cm³/mol. The van der Waals surface area contributed by atoms with E-state index >= 15 is 0 Å². The van der Waals surface area contributed by atoms with Gasteiger partial charge in [-0.15, -0.1) is 0 Å². The molecule has 8 aromatic rings. The van der Waals surface area contributed by atoms with Gasteiger partial charge in [-0.25, -0.2) is 9.97 Å². The van der Waals surface area contributed by atoms with Crippen LogP contribution in [0.4, 0.5) is 34.3 Å². The molecule has 1 aliphatic rings. The topological polar surface area (TPSA) is 39.9 Å². The maximum absolute atomic E-state index is 5.24. The van der Waals surface area contributed by atoms with E-state index in [1.165, 1.54) is 27.5 Å². The Morgan fingerprint density at radius 2 is 1.33 bits per heavy atom. The number of benzene rings is 5. The lowest BCUT2D eigenvalue weighted by atomic mass is 9.87. The van der Waals surface area contributed by atoms with Gasteiger partial charge in [0, 0.05) is 52.3 Å². The van der Waals surface area contributed by atoms with Gasteiger partial charge in [-0.1, -0.05) is 94.4 Å². The van der Waals surface area contributed by atoms with Crippen molar-refractivity contribution in [1.29, 1.82) is 0 Å². The molecule has 256 valence electrons. The van der Waals surface area contributed by atoms with Crippen molar-refractivity contribution in [2.45, 2.75) is 39.5 Å². The number of hydrogen-bond donors (Lipinski definition) is 0. The molecule has 0 unspecified atom stereocenters. The number of fused-ring (bicyclic) bond motifs is 7. The molecule has 0 saturated heterocycles. The molecule has 0 amide bonds. The molecule has 6 nitrogen and oxygen atoms in total. The fraction of sp³-hybridized carbons (Fsp3) is 0.174. The van der Waals surface area contributed by atoms with E-state index in [0.717, 1.165) is 63.2 Å². The van der Waals surface area contributed by atoms with E-state index in [2.05, 4.69) is 186 Å². The molecule has 0 N–H and O–H groups in total. The van der Waals surface area contributed by atoms with Crippen LogP contribution in [0.3, 0.4) is 0 Å². The Morgan fingerprint density at radius 3 is 2.12 bits per heavy atom. The highest BCUT2D eigenvalue weighted by Crippen LogP contribution is 2.44. The molecule has 5 aromatic carbocycles. The van der Waals surface area contributed by atoms with Crippen LogP contribution in [0.1, 0.15) is 50.7 Å². The lowest BCUT2D eigenvalue weighted by molar-refractivity contribution is 0.836. The average molecular weight is 679 g/mol. The van der Waals surface area contributed by atoms with Crippen molar-refractivity contribution >= 4 is 61.6 Å². The molecule has 6 heteroatoms. The number of pyridine rings is 2. The summed E-state index contributed by atoms with van der Waals surface area (Å²) in [6.07, 6.45) is 3.96. The van der Waals surface area contributed by atoms with Gasteiger partial charge in [-0.05, 0) is 89.0 Å². The molecule has 4 heterocycles. The molecule has 1 aliphatic heterocycles. The van der Waals surface area contributed by atoms with Gasteiger partial charge in [-0.2, -0.15) is 0 Å². The van der Waals surface area contributed by atoms with E-state index < -0.39 is 0 Å². The number of imidazole rings is 1. The number of hydrogen-bond acceptors (Lipinski definition) is 5. The van der Waals surface area contributed by atoms with E-state index in [4.69, 9.17) is 4.98 Å². The summed E-state index contributed by atoms with van der Waals surface area (Å²) in [7, 11) is 2.09. The van der Waals surface area contributed by atoms with E-state index in [1.54, 1.807) is 0 Å². The summed E-state index contributed by atoms with van der Waals surface area (Å²) in [6, 6.07) is 46.0. The van der Waals surface area contributed by atoms with Crippen LogP contribution in [0.5, 0.6) is 0 Å². The quantitative estimate of drug-likeness (QED) is 0.157. The van der Waals surface area contributed by atoms with Gasteiger partial charge in [-0.3, -0.25) is 4.40 Å². The number of nitrogens with zero attached hydrogens (tertiary/aromatic N) is 6. The SMILES string of the molecule is CC(C)c1cccc(C(C)C)c1-c1cnc2c3cc(N(c4ccccc4)c4cccc(N5CN(C)c6ncccc65)c4)ccc3c3ccccc3n12. The van der Waals surface area contributed by atoms with Crippen LogP contribution in [-0.4, -0.2) is 28.1 Å². The molecule has 0 fully saturated rings. The first-order chi connectivity index (χ1) is 25.4. The standard InChI is InChI=1S/C46H42N6/c1-30(2)36-19-12-20-37(31(3)4)44(36)43-28-48-45-40-27-35(23-24-38(40)39-18-9-10-21-41(39)52(43)45)51(32-14-7-6-8-15-32)34-17-11-16-33(26-34)50-29-49(5)46-42(50)22-13-25-47-46/h6-28,30-31H,29H2,1-5H3. The van der Waals surface area contributed by atoms with Crippen LogP contribution in [-0.2, 0) is 0 Å². The molecule has 0 radical (unpaired) electrons. The average Bonchev–Trinajstić information content (AvgIpc) is 3.77. The maximum atomic E-state index is 5.24. The second-order valence-electron chi connectivity index (χ2n) is 14.5. The van der Waals surface area contributed by atoms with Crippen LogP contribution >= 0.6 is 0 Å². The number of rotatable bonds is 7. The summed E-state index contributed by atoms with van der Waals surface area (Å²) < 4.78 is 2.40.